The lowest BCUT2D eigenvalue weighted by atomic mass is 10.1. The summed E-state index contributed by atoms with van der Waals surface area (Å²) >= 11 is 0. The van der Waals surface area contributed by atoms with Crippen LogP contribution in [-0.2, 0) is 0 Å². The monoisotopic (exact) mass is 247 g/mol. The molecule has 1 N–H and O–H groups in total. The number of hydrogen-bond acceptors (Lipinski definition) is 1. The van der Waals surface area contributed by atoms with E-state index in [-0.39, 0.29) is 0 Å². The van der Waals surface area contributed by atoms with Crippen LogP contribution in [0.3, 0.4) is 0 Å². The molecule has 102 valence electrons. The Hall–Kier alpha value is -0.820. The summed E-state index contributed by atoms with van der Waals surface area (Å²) in [6.45, 7) is 7.82. The van der Waals surface area contributed by atoms with Crippen molar-refractivity contribution in [1.29, 1.82) is 0 Å². The van der Waals surface area contributed by atoms with E-state index in [9.17, 15) is 0 Å². The Balaban J connectivity index is 2.12. The van der Waals surface area contributed by atoms with Crippen LogP contribution < -0.4 is 5.32 Å². The molecule has 0 aromatic heterocycles. The van der Waals surface area contributed by atoms with E-state index in [0.29, 0.717) is 6.04 Å². The fourth-order valence-corrected chi connectivity index (χ4v) is 2.28. The number of hydrogen-bond donors (Lipinski definition) is 1. The van der Waals surface area contributed by atoms with Crippen LogP contribution in [0.5, 0.6) is 0 Å². The van der Waals surface area contributed by atoms with Gasteiger partial charge in [-0.15, -0.1) is 0 Å². The van der Waals surface area contributed by atoms with Gasteiger partial charge in [-0.2, -0.15) is 0 Å². The zero-order valence-electron chi connectivity index (χ0n) is 12.3. The highest BCUT2D eigenvalue weighted by Crippen LogP contribution is 2.13. The molecule has 0 bridgehead atoms. The quantitative estimate of drug-likeness (QED) is 0.605. The second-order valence-electron chi connectivity index (χ2n) is 5.36. The molecule has 0 unspecified atom stereocenters. The predicted octanol–water partition coefficient (Wildman–Crippen LogP) is 5.01. The number of unbranched alkanes of at least 4 members (excludes halogenated alkanes) is 5. The third-order valence-corrected chi connectivity index (χ3v) is 3.52. The summed E-state index contributed by atoms with van der Waals surface area (Å²) in [6, 6.07) is 9.27. The highest BCUT2D eigenvalue weighted by molar-refractivity contribution is 5.24. The van der Waals surface area contributed by atoms with Gasteiger partial charge in [0.2, 0.25) is 0 Å². The Morgan fingerprint density at radius 3 is 2.50 bits per heavy atom. The molecule has 1 aromatic carbocycles. The number of benzene rings is 1. The molecule has 1 heteroatoms. The van der Waals surface area contributed by atoms with E-state index in [0.717, 1.165) is 6.54 Å². The molecule has 0 radical (unpaired) electrons. The van der Waals surface area contributed by atoms with Crippen LogP contribution in [0.25, 0.3) is 0 Å². The van der Waals surface area contributed by atoms with E-state index in [1.165, 1.54) is 49.7 Å². The summed E-state index contributed by atoms with van der Waals surface area (Å²) in [7, 11) is 0. The molecule has 0 spiro atoms. The molecule has 0 saturated heterocycles. The minimum atomic E-state index is 0.473. The summed E-state index contributed by atoms with van der Waals surface area (Å²) < 4.78 is 0. The highest BCUT2D eigenvalue weighted by Gasteiger charge is 2.03. The Morgan fingerprint density at radius 2 is 1.78 bits per heavy atom. The minimum Gasteiger partial charge on any atom is -0.310 e. The molecule has 0 saturated carbocycles. The van der Waals surface area contributed by atoms with Gasteiger partial charge in [-0.1, -0.05) is 68.9 Å². The molecule has 18 heavy (non-hydrogen) atoms. The maximum Gasteiger partial charge on any atom is 0.0291 e. The summed E-state index contributed by atoms with van der Waals surface area (Å²) in [5.41, 5.74) is 2.75. The number of rotatable bonds is 9. The summed E-state index contributed by atoms with van der Waals surface area (Å²) in [4.78, 5) is 0. The van der Waals surface area contributed by atoms with Gasteiger partial charge in [-0.3, -0.25) is 0 Å². The first-order chi connectivity index (χ1) is 8.74. The third kappa shape index (κ3) is 6.20. The zero-order chi connectivity index (χ0) is 13.2. The topological polar surface area (TPSA) is 12.0 Å². The van der Waals surface area contributed by atoms with Gasteiger partial charge in [0, 0.05) is 6.04 Å². The highest BCUT2D eigenvalue weighted by atomic mass is 14.9. The van der Waals surface area contributed by atoms with Gasteiger partial charge < -0.3 is 5.32 Å². The zero-order valence-corrected chi connectivity index (χ0v) is 12.3. The molecule has 0 aliphatic heterocycles. The Morgan fingerprint density at radius 1 is 1.06 bits per heavy atom. The van der Waals surface area contributed by atoms with Crippen molar-refractivity contribution >= 4 is 0 Å². The van der Waals surface area contributed by atoms with Gasteiger partial charge in [0.05, 0.1) is 0 Å². The average Bonchev–Trinajstić information content (AvgIpc) is 2.37. The van der Waals surface area contributed by atoms with Gasteiger partial charge in [0.15, 0.2) is 0 Å². The first-order valence-corrected chi connectivity index (χ1v) is 7.54. The fraction of sp³-hybridized carbons (Fsp3) is 0.647. The summed E-state index contributed by atoms with van der Waals surface area (Å²) in [5.74, 6) is 0. The lowest BCUT2D eigenvalue weighted by molar-refractivity contribution is 0.527. The van der Waals surface area contributed by atoms with Gasteiger partial charge >= 0.3 is 0 Å². The van der Waals surface area contributed by atoms with Crippen LogP contribution in [0.1, 0.15) is 69.5 Å². The molecule has 0 aliphatic rings. The van der Waals surface area contributed by atoms with Crippen molar-refractivity contribution in [1.82, 2.24) is 5.32 Å². The first kappa shape index (κ1) is 15.2. The van der Waals surface area contributed by atoms with Crippen molar-refractivity contribution in [2.24, 2.45) is 0 Å². The van der Waals surface area contributed by atoms with Crippen molar-refractivity contribution in [3.05, 3.63) is 35.4 Å². The first-order valence-electron chi connectivity index (χ1n) is 7.54. The number of aryl methyl sites for hydroxylation is 1. The number of nitrogens with one attached hydrogen (secondary N) is 1. The van der Waals surface area contributed by atoms with Crippen molar-refractivity contribution in [2.75, 3.05) is 6.54 Å². The Labute approximate surface area is 113 Å². The lowest BCUT2D eigenvalue weighted by Gasteiger charge is -2.14. The van der Waals surface area contributed by atoms with Gasteiger partial charge in [-0.05, 0) is 32.4 Å². The van der Waals surface area contributed by atoms with E-state index in [1.807, 2.05) is 0 Å². The summed E-state index contributed by atoms with van der Waals surface area (Å²) in [6.07, 6.45) is 8.21. The van der Waals surface area contributed by atoms with Crippen LogP contribution in [0.15, 0.2) is 24.3 Å². The normalized spacial score (nSPS) is 12.6. The van der Waals surface area contributed by atoms with Crippen LogP contribution in [0, 0.1) is 6.92 Å². The van der Waals surface area contributed by atoms with Crippen LogP contribution in [0.4, 0.5) is 0 Å². The largest absolute Gasteiger partial charge is 0.310 e. The predicted molar refractivity (Wildman–Crippen MR) is 81.0 cm³/mol. The van der Waals surface area contributed by atoms with Crippen molar-refractivity contribution < 1.29 is 0 Å². The van der Waals surface area contributed by atoms with Gasteiger partial charge in [-0.25, -0.2) is 0 Å². The van der Waals surface area contributed by atoms with E-state index in [2.05, 4.69) is 50.4 Å². The molecule has 0 heterocycles. The maximum absolute atomic E-state index is 3.62. The van der Waals surface area contributed by atoms with Crippen LogP contribution >= 0.6 is 0 Å². The smallest absolute Gasteiger partial charge is 0.0291 e. The second-order valence-corrected chi connectivity index (χ2v) is 5.36. The van der Waals surface area contributed by atoms with Crippen molar-refractivity contribution in [3.8, 4) is 0 Å². The molecular weight excluding hydrogens is 218 g/mol. The summed E-state index contributed by atoms with van der Waals surface area (Å²) in [5, 5.41) is 3.62. The maximum atomic E-state index is 3.62. The molecule has 0 fully saturated rings. The van der Waals surface area contributed by atoms with Crippen molar-refractivity contribution in [2.45, 2.75) is 65.3 Å². The molecule has 0 aliphatic carbocycles. The second kappa shape index (κ2) is 9.16. The van der Waals surface area contributed by atoms with E-state index >= 15 is 0 Å². The lowest BCUT2D eigenvalue weighted by Crippen LogP contribution is -2.19. The van der Waals surface area contributed by atoms with Gasteiger partial charge in [0.25, 0.3) is 0 Å². The van der Waals surface area contributed by atoms with Crippen molar-refractivity contribution in [3.63, 3.8) is 0 Å². The SMILES string of the molecule is CCCCCCCCN[C@H](C)c1cccc(C)c1. The average molecular weight is 247 g/mol. The van der Waals surface area contributed by atoms with Crippen LogP contribution in [0.2, 0.25) is 0 Å². The molecular formula is C17H29N. The van der Waals surface area contributed by atoms with Crippen LogP contribution in [-0.4, -0.2) is 6.54 Å². The van der Waals surface area contributed by atoms with E-state index in [1.54, 1.807) is 0 Å². The molecule has 1 atom stereocenters. The Bertz CT molecular complexity index is 319. The fourth-order valence-electron chi connectivity index (χ4n) is 2.28. The Kier molecular flexibility index (Phi) is 7.75. The standard InChI is InChI=1S/C17H29N/c1-4-5-6-7-8-9-13-18-16(3)17-12-10-11-15(2)14-17/h10-12,14,16,18H,4-9,13H2,1-3H3/t16-/m1/s1. The third-order valence-electron chi connectivity index (χ3n) is 3.52. The molecule has 1 aromatic rings. The van der Waals surface area contributed by atoms with E-state index < -0.39 is 0 Å². The molecule has 1 nitrogen and oxygen atoms in total. The van der Waals surface area contributed by atoms with Gasteiger partial charge in [0.1, 0.15) is 0 Å². The molecule has 1 rings (SSSR count). The minimum absolute atomic E-state index is 0.473. The van der Waals surface area contributed by atoms with E-state index in [4.69, 9.17) is 0 Å². The molecule has 0 amide bonds.